The summed E-state index contributed by atoms with van der Waals surface area (Å²) in [4.78, 5) is 18.1. The summed E-state index contributed by atoms with van der Waals surface area (Å²) in [5.41, 5.74) is 1.80. The number of hydrogen-bond acceptors (Lipinski definition) is 6. The summed E-state index contributed by atoms with van der Waals surface area (Å²) in [6, 6.07) is 8.09. The maximum atomic E-state index is 4.68. The molecule has 1 atom stereocenters. The second kappa shape index (κ2) is 6.58. The third-order valence-electron chi connectivity index (χ3n) is 4.35. The molecule has 0 fully saturated rings. The van der Waals surface area contributed by atoms with Gasteiger partial charge in [0.15, 0.2) is 5.82 Å². The van der Waals surface area contributed by atoms with Gasteiger partial charge >= 0.3 is 0 Å². The molecule has 3 aromatic heterocycles. The summed E-state index contributed by atoms with van der Waals surface area (Å²) >= 11 is 0. The maximum absolute atomic E-state index is 4.68. The standard InChI is InChI=1S/C18H21N7/c1-3-13-10-16(23-18(22-13)15-6-4-5-9-19-15)21-14-7-8-17-20-12(2)24-25(17)11-14/h4-6,9-10,14H,3,7-8,11H2,1-2H3,(H,21,22,23). The summed E-state index contributed by atoms with van der Waals surface area (Å²) in [6.45, 7) is 4.84. The fourth-order valence-electron chi connectivity index (χ4n) is 3.12. The van der Waals surface area contributed by atoms with Crippen LogP contribution in [0.1, 0.15) is 30.7 Å². The minimum atomic E-state index is 0.282. The number of aromatic nitrogens is 6. The molecule has 0 saturated heterocycles. The Hall–Kier alpha value is -2.83. The van der Waals surface area contributed by atoms with Crippen LogP contribution in [0.25, 0.3) is 11.5 Å². The first kappa shape index (κ1) is 15.7. The number of anilines is 1. The van der Waals surface area contributed by atoms with Gasteiger partial charge in [-0.25, -0.2) is 19.6 Å². The molecule has 7 heteroatoms. The van der Waals surface area contributed by atoms with Crippen molar-refractivity contribution in [1.82, 2.24) is 29.7 Å². The van der Waals surface area contributed by atoms with Gasteiger partial charge in [0.2, 0.25) is 0 Å². The van der Waals surface area contributed by atoms with E-state index in [1.54, 1.807) is 6.20 Å². The molecule has 1 N–H and O–H groups in total. The van der Waals surface area contributed by atoms with Crippen LogP contribution in [-0.2, 0) is 19.4 Å². The van der Waals surface area contributed by atoms with Crippen LogP contribution in [0.2, 0.25) is 0 Å². The fourth-order valence-corrected chi connectivity index (χ4v) is 3.12. The monoisotopic (exact) mass is 335 g/mol. The first-order valence-corrected chi connectivity index (χ1v) is 8.67. The molecule has 1 unspecified atom stereocenters. The number of pyridine rings is 1. The van der Waals surface area contributed by atoms with Crippen molar-refractivity contribution < 1.29 is 0 Å². The Bertz CT molecular complexity index is 872. The van der Waals surface area contributed by atoms with Crippen LogP contribution in [0, 0.1) is 6.92 Å². The Balaban J connectivity index is 1.58. The summed E-state index contributed by atoms with van der Waals surface area (Å²) < 4.78 is 2.00. The van der Waals surface area contributed by atoms with Crippen molar-refractivity contribution in [2.45, 2.75) is 45.7 Å². The van der Waals surface area contributed by atoms with E-state index in [2.05, 4.69) is 37.3 Å². The van der Waals surface area contributed by atoms with Crippen molar-refractivity contribution in [1.29, 1.82) is 0 Å². The Morgan fingerprint density at radius 1 is 1.24 bits per heavy atom. The molecule has 25 heavy (non-hydrogen) atoms. The largest absolute Gasteiger partial charge is 0.365 e. The molecule has 0 aromatic carbocycles. The van der Waals surface area contributed by atoms with Crippen molar-refractivity contribution in [2.24, 2.45) is 0 Å². The second-order valence-electron chi connectivity index (χ2n) is 6.27. The van der Waals surface area contributed by atoms with E-state index in [-0.39, 0.29) is 6.04 Å². The van der Waals surface area contributed by atoms with E-state index in [0.29, 0.717) is 5.82 Å². The summed E-state index contributed by atoms with van der Waals surface area (Å²) in [6.07, 6.45) is 4.56. The highest BCUT2D eigenvalue weighted by Gasteiger charge is 2.21. The van der Waals surface area contributed by atoms with Gasteiger partial charge in [0, 0.05) is 30.4 Å². The van der Waals surface area contributed by atoms with Gasteiger partial charge in [-0.3, -0.25) is 4.98 Å². The fraction of sp³-hybridized carbons (Fsp3) is 0.389. The van der Waals surface area contributed by atoms with Crippen molar-refractivity contribution in [3.05, 3.63) is 47.8 Å². The SMILES string of the molecule is CCc1cc(NC2CCc3nc(C)nn3C2)nc(-c2ccccn2)n1. The van der Waals surface area contributed by atoms with Gasteiger partial charge in [-0.05, 0) is 31.9 Å². The van der Waals surface area contributed by atoms with E-state index in [1.807, 2.05) is 35.9 Å². The molecule has 4 heterocycles. The summed E-state index contributed by atoms with van der Waals surface area (Å²) in [7, 11) is 0. The molecule has 128 valence electrons. The van der Waals surface area contributed by atoms with E-state index < -0.39 is 0 Å². The van der Waals surface area contributed by atoms with Crippen LogP contribution in [-0.4, -0.2) is 35.8 Å². The van der Waals surface area contributed by atoms with Crippen molar-refractivity contribution in [2.75, 3.05) is 5.32 Å². The van der Waals surface area contributed by atoms with E-state index in [0.717, 1.165) is 54.7 Å². The number of fused-ring (bicyclic) bond motifs is 1. The second-order valence-corrected chi connectivity index (χ2v) is 6.27. The normalized spacial score (nSPS) is 16.5. The lowest BCUT2D eigenvalue weighted by atomic mass is 10.1. The lowest BCUT2D eigenvalue weighted by molar-refractivity contribution is 0.440. The Kier molecular flexibility index (Phi) is 4.13. The number of nitrogens with one attached hydrogen (secondary N) is 1. The van der Waals surface area contributed by atoms with Gasteiger partial charge < -0.3 is 5.32 Å². The quantitative estimate of drug-likeness (QED) is 0.788. The zero-order valence-corrected chi connectivity index (χ0v) is 14.5. The molecule has 3 aromatic rings. The topological polar surface area (TPSA) is 81.4 Å². The van der Waals surface area contributed by atoms with Crippen LogP contribution < -0.4 is 5.32 Å². The highest BCUT2D eigenvalue weighted by molar-refractivity contribution is 5.53. The first-order valence-electron chi connectivity index (χ1n) is 8.67. The molecular weight excluding hydrogens is 314 g/mol. The minimum Gasteiger partial charge on any atom is -0.365 e. The maximum Gasteiger partial charge on any atom is 0.180 e. The molecule has 0 saturated carbocycles. The highest BCUT2D eigenvalue weighted by Crippen LogP contribution is 2.20. The zero-order chi connectivity index (χ0) is 17.2. The molecule has 7 nitrogen and oxygen atoms in total. The Labute approximate surface area is 146 Å². The predicted molar refractivity (Wildman–Crippen MR) is 95.1 cm³/mol. The third kappa shape index (κ3) is 3.35. The zero-order valence-electron chi connectivity index (χ0n) is 14.5. The predicted octanol–water partition coefficient (Wildman–Crippen LogP) is 2.43. The van der Waals surface area contributed by atoms with E-state index in [1.165, 1.54) is 0 Å². The van der Waals surface area contributed by atoms with Gasteiger partial charge in [0.25, 0.3) is 0 Å². The van der Waals surface area contributed by atoms with E-state index in [4.69, 9.17) is 0 Å². The highest BCUT2D eigenvalue weighted by atomic mass is 15.4. The Morgan fingerprint density at radius 3 is 2.96 bits per heavy atom. The molecule has 0 amide bonds. The van der Waals surface area contributed by atoms with E-state index in [9.17, 15) is 0 Å². The van der Waals surface area contributed by atoms with Crippen LogP contribution >= 0.6 is 0 Å². The lowest BCUT2D eigenvalue weighted by Gasteiger charge is -2.24. The molecule has 1 aliphatic heterocycles. The van der Waals surface area contributed by atoms with Crippen LogP contribution in [0.15, 0.2) is 30.5 Å². The van der Waals surface area contributed by atoms with Crippen LogP contribution in [0.3, 0.4) is 0 Å². The van der Waals surface area contributed by atoms with Gasteiger partial charge in [-0.1, -0.05) is 13.0 Å². The van der Waals surface area contributed by atoms with Gasteiger partial charge in [0.05, 0.1) is 6.54 Å². The molecule has 1 aliphatic rings. The van der Waals surface area contributed by atoms with Gasteiger partial charge in [-0.15, -0.1) is 0 Å². The average Bonchev–Trinajstić information content (AvgIpc) is 3.01. The van der Waals surface area contributed by atoms with Gasteiger partial charge in [0.1, 0.15) is 23.2 Å². The number of rotatable bonds is 4. The number of hydrogen-bond donors (Lipinski definition) is 1. The Morgan fingerprint density at radius 2 is 2.16 bits per heavy atom. The minimum absolute atomic E-state index is 0.282. The lowest BCUT2D eigenvalue weighted by Crippen LogP contribution is -2.32. The van der Waals surface area contributed by atoms with E-state index >= 15 is 0 Å². The van der Waals surface area contributed by atoms with Crippen molar-refractivity contribution in [3.8, 4) is 11.5 Å². The smallest absolute Gasteiger partial charge is 0.180 e. The molecule has 0 radical (unpaired) electrons. The van der Waals surface area contributed by atoms with Gasteiger partial charge in [-0.2, -0.15) is 5.10 Å². The molecule has 0 bridgehead atoms. The summed E-state index contributed by atoms with van der Waals surface area (Å²) in [5.74, 6) is 3.42. The molecular formula is C18H21N7. The first-order chi connectivity index (χ1) is 12.2. The average molecular weight is 335 g/mol. The molecule has 0 aliphatic carbocycles. The molecule has 0 spiro atoms. The third-order valence-corrected chi connectivity index (χ3v) is 4.35. The van der Waals surface area contributed by atoms with Crippen LogP contribution in [0.4, 0.5) is 5.82 Å². The summed E-state index contributed by atoms with van der Waals surface area (Å²) in [5, 5.41) is 8.01. The molecule has 4 rings (SSSR count). The van der Waals surface area contributed by atoms with Crippen molar-refractivity contribution in [3.63, 3.8) is 0 Å². The van der Waals surface area contributed by atoms with Crippen molar-refractivity contribution >= 4 is 5.82 Å². The number of nitrogens with zero attached hydrogens (tertiary/aromatic N) is 6. The number of aryl methyl sites for hydroxylation is 3. The van der Waals surface area contributed by atoms with Crippen LogP contribution in [0.5, 0.6) is 0 Å².